The van der Waals surface area contributed by atoms with Crippen LogP contribution in [0.4, 0.5) is 5.69 Å². The molecule has 0 amide bonds. The smallest absolute Gasteiger partial charge is 0.193 e. The Kier molecular flexibility index (Phi) is 9.96. The van der Waals surface area contributed by atoms with Gasteiger partial charge in [-0.05, 0) is 56.9 Å². The average molecular weight is 462 g/mol. The Morgan fingerprint density at radius 3 is 2.56 bits per heavy atom. The van der Waals surface area contributed by atoms with E-state index in [9.17, 15) is 0 Å². The molecule has 0 atom stereocenters. The number of aliphatic imine (C=N–C) groups is 1. The van der Waals surface area contributed by atoms with Gasteiger partial charge in [-0.1, -0.05) is 6.92 Å². The van der Waals surface area contributed by atoms with E-state index in [1.807, 2.05) is 18.2 Å². The molecular formula is C18H31IN4O2. The Balaban J connectivity index is 0.00000312. The number of ether oxygens (including phenoxy) is 2. The molecule has 142 valence electrons. The molecule has 1 saturated heterocycles. The van der Waals surface area contributed by atoms with Crippen LogP contribution in [0.5, 0.6) is 11.5 Å². The van der Waals surface area contributed by atoms with Crippen LogP contribution in [0.3, 0.4) is 0 Å². The van der Waals surface area contributed by atoms with Gasteiger partial charge in [0.1, 0.15) is 0 Å². The predicted octanol–water partition coefficient (Wildman–Crippen LogP) is 3.17. The lowest BCUT2D eigenvalue weighted by Gasteiger charge is -2.29. The molecule has 25 heavy (non-hydrogen) atoms. The van der Waals surface area contributed by atoms with Crippen molar-refractivity contribution in [1.29, 1.82) is 0 Å². The highest BCUT2D eigenvalue weighted by Crippen LogP contribution is 2.29. The number of halogens is 1. The standard InChI is InChI=1S/C18H30N4O2.HI/c1-14-7-11-22(12-8-14)10-4-9-20-18(19)21-15-5-6-16(23-2)17(13-15)24-3;/h5-6,13-14H,4,7-12H2,1-3H3,(H3,19,20,21);1H. The number of methoxy groups -OCH3 is 2. The summed E-state index contributed by atoms with van der Waals surface area (Å²) in [4.78, 5) is 6.92. The largest absolute Gasteiger partial charge is 0.493 e. The molecular weight excluding hydrogens is 431 g/mol. The lowest BCUT2D eigenvalue weighted by atomic mass is 9.99. The molecule has 1 fully saturated rings. The first kappa shape index (κ1) is 21.8. The number of hydrogen-bond acceptors (Lipinski definition) is 4. The van der Waals surface area contributed by atoms with Crippen LogP contribution in [0.25, 0.3) is 0 Å². The van der Waals surface area contributed by atoms with E-state index >= 15 is 0 Å². The third-order valence-corrected chi connectivity index (χ3v) is 4.45. The summed E-state index contributed by atoms with van der Waals surface area (Å²) in [6.07, 6.45) is 3.65. The molecule has 6 nitrogen and oxygen atoms in total. The normalized spacial score (nSPS) is 16.2. The summed E-state index contributed by atoms with van der Waals surface area (Å²) in [6, 6.07) is 5.57. The number of rotatable bonds is 7. The lowest BCUT2D eigenvalue weighted by Crippen LogP contribution is -2.34. The molecule has 1 aromatic carbocycles. The fourth-order valence-electron chi connectivity index (χ4n) is 2.88. The third kappa shape index (κ3) is 7.27. The number of nitrogens with zero attached hydrogens (tertiary/aromatic N) is 2. The highest BCUT2D eigenvalue weighted by Gasteiger charge is 2.14. The van der Waals surface area contributed by atoms with Crippen molar-refractivity contribution in [2.75, 3.05) is 45.7 Å². The van der Waals surface area contributed by atoms with Crippen LogP contribution >= 0.6 is 24.0 Å². The van der Waals surface area contributed by atoms with E-state index in [0.717, 1.165) is 31.1 Å². The van der Waals surface area contributed by atoms with Gasteiger partial charge >= 0.3 is 0 Å². The molecule has 7 heteroatoms. The van der Waals surface area contributed by atoms with Crippen molar-refractivity contribution in [1.82, 2.24) is 4.90 Å². The number of nitrogens with one attached hydrogen (secondary N) is 1. The van der Waals surface area contributed by atoms with Gasteiger partial charge in [0.2, 0.25) is 0 Å². The molecule has 1 aromatic rings. The van der Waals surface area contributed by atoms with Crippen molar-refractivity contribution in [3.05, 3.63) is 18.2 Å². The summed E-state index contributed by atoms with van der Waals surface area (Å²) in [6.45, 7) is 6.59. The average Bonchev–Trinajstić information content (AvgIpc) is 2.60. The molecule has 0 aliphatic carbocycles. The maximum absolute atomic E-state index is 5.96. The van der Waals surface area contributed by atoms with Crippen molar-refractivity contribution in [2.45, 2.75) is 26.2 Å². The van der Waals surface area contributed by atoms with Gasteiger partial charge < -0.3 is 25.4 Å². The van der Waals surface area contributed by atoms with Gasteiger partial charge in [-0.2, -0.15) is 0 Å². The lowest BCUT2D eigenvalue weighted by molar-refractivity contribution is 0.192. The van der Waals surface area contributed by atoms with Crippen LogP contribution in [-0.2, 0) is 0 Å². The summed E-state index contributed by atoms with van der Waals surface area (Å²) in [5, 5.41) is 3.09. The zero-order chi connectivity index (χ0) is 17.4. The zero-order valence-corrected chi connectivity index (χ0v) is 17.8. The number of likely N-dealkylation sites (tertiary alicyclic amines) is 1. The molecule has 1 heterocycles. The van der Waals surface area contributed by atoms with E-state index in [0.29, 0.717) is 17.5 Å². The Bertz CT molecular complexity index is 546. The van der Waals surface area contributed by atoms with Gasteiger partial charge in [-0.15, -0.1) is 24.0 Å². The van der Waals surface area contributed by atoms with Crippen molar-refractivity contribution < 1.29 is 9.47 Å². The van der Waals surface area contributed by atoms with Crippen molar-refractivity contribution in [3.63, 3.8) is 0 Å². The van der Waals surface area contributed by atoms with E-state index in [1.54, 1.807) is 14.2 Å². The van der Waals surface area contributed by atoms with Crippen LogP contribution in [0.1, 0.15) is 26.2 Å². The molecule has 0 aromatic heterocycles. The zero-order valence-electron chi connectivity index (χ0n) is 15.5. The summed E-state index contributed by atoms with van der Waals surface area (Å²) in [5.74, 6) is 2.65. The van der Waals surface area contributed by atoms with Gasteiger partial charge in [0.25, 0.3) is 0 Å². The molecule has 0 saturated carbocycles. The molecule has 0 radical (unpaired) electrons. The van der Waals surface area contributed by atoms with Gasteiger partial charge in [-0.3, -0.25) is 4.99 Å². The van der Waals surface area contributed by atoms with Gasteiger partial charge in [0.05, 0.1) is 14.2 Å². The van der Waals surface area contributed by atoms with E-state index in [2.05, 4.69) is 22.1 Å². The molecule has 0 unspecified atom stereocenters. The van der Waals surface area contributed by atoms with E-state index in [1.165, 1.54) is 25.9 Å². The van der Waals surface area contributed by atoms with E-state index < -0.39 is 0 Å². The van der Waals surface area contributed by atoms with Crippen molar-refractivity contribution >= 4 is 35.6 Å². The number of benzene rings is 1. The monoisotopic (exact) mass is 462 g/mol. The molecule has 2 rings (SSSR count). The second-order valence-corrected chi connectivity index (χ2v) is 6.34. The van der Waals surface area contributed by atoms with E-state index in [4.69, 9.17) is 15.2 Å². The number of piperidine rings is 1. The molecule has 0 spiro atoms. The maximum atomic E-state index is 5.96. The van der Waals surface area contributed by atoms with Crippen molar-refractivity contribution in [3.8, 4) is 11.5 Å². The second kappa shape index (κ2) is 11.4. The van der Waals surface area contributed by atoms with Crippen molar-refractivity contribution in [2.24, 2.45) is 16.6 Å². The summed E-state index contributed by atoms with van der Waals surface area (Å²) in [7, 11) is 3.23. The number of guanidine groups is 1. The topological polar surface area (TPSA) is 72.1 Å². The minimum absolute atomic E-state index is 0. The summed E-state index contributed by atoms with van der Waals surface area (Å²) < 4.78 is 10.5. The molecule has 1 aliphatic heterocycles. The SMILES string of the molecule is COc1ccc(NC(N)=NCCCN2CCC(C)CC2)cc1OC.I. The van der Waals surface area contributed by atoms with Crippen LogP contribution < -0.4 is 20.5 Å². The molecule has 0 bridgehead atoms. The Morgan fingerprint density at radius 2 is 1.92 bits per heavy atom. The van der Waals surface area contributed by atoms with Crippen LogP contribution in [0.15, 0.2) is 23.2 Å². The number of nitrogens with two attached hydrogens (primary N) is 1. The first-order valence-corrected chi connectivity index (χ1v) is 8.63. The van der Waals surface area contributed by atoms with Gasteiger partial charge in [-0.25, -0.2) is 0 Å². The summed E-state index contributed by atoms with van der Waals surface area (Å²) in [5.41, 5.74) is 6.79. The number of anilines is 1. The highest BCUT2D eigenvalue weighted by molar-refractivity contribution is 14.0. The highest BCUT2D eigenvalue weighted by atomic mass is 127. The Labute approximate surface area is 168 Å². The minimum Gasteiger partial charge on any atom is -0.493 e. The fourth-order valence-corrected chi connectivity index (χ4v) is 2.88. The first-order chi connectivity index (χ1) is 11.6. The third-order valence-electron chi connectivity index (χ3n) is 4.45. The Morgan fingerprint density at radius 1 is 1.24 bits per heavy atom. The maximum Gasteiger partial charge on any atom is 0.193 e. The second-order valence-electron chi connectivity index (χ2n) is 6.34. The van der Waals surface area contributed by atoms with Gasteiger partial charge in [0.15, 0.2) is 17.5 Å². The summed E-state index contributed by atoms with van der Waals surface area (Å²) >= 11 is 0. The van der Waals surface area contributed by atoms with E-state index in [-0.39, 0.29) is 24.0 Å². The fraction of sp³-hybridized carbons (Fsp3) is 0.611. The predicted molar refractivity (Wildman–Crippen MR) is 115 cm³/mol. The van der Waals surface area contributed by atoms with Crippen LogP contribution in [0.2, 0.25) is 0 Å². The first-order valence-electron chi connectivity index (χ1n) is 8.63. The number of hydrogen-bond donors (Lipinski definition) is 2. The minimum atomic E-state index is 0. The van der Waals surface area contributed by atoms with Crippen LogP contribution in [0, 0.1) is 5.92 Å². The quantitative estimate of drug-likeness (QED) is 0.282. The Hall–Kier alpha value is -1.22. The molecule has 3 N–H and O–H groups in total. The van der Waals surface area contributed by atoms with Gasteiger partial charge in [0, 0.05) is 18.3 Å². The molecule has 1 aliphatic rings. The van der Waals surface area contributed by atoms with Crippen LogP contribution in [-0.4, -0.2) is 51.3 Å².